The van der Waals surface area contributed by atoms with Gasteiger partial charge in [-0.15, -0.1) is 0 Å². The van der Waals surface area contributed by atoms with Crippen LogP contribution in [0.25, 0.3) is 0 Å². The summed E-state index contributed by atoms with van der Waals surface area (Å²) in [5, 5.41) is 17.7. The van der Waals surface area contributed by atoms with E-state index in [9.17, 15) is 9.59 Å². The lowest BCUT2D eigenvalue weighted by Crippen LogP contribution is -2.33. The summed E-state index contributed by atoms with van der Waals surface area (Å²) in [7, 11) is 0. The molecule has 0 aliphatic carbocycles. The van der Waals surface area contributed by atoms with Crippen LogP contribution in [0.1, 0.15) is 33.6 Å². The van der Waals surface area contributed by atoms with Crippen molar-refractivity contribution in [3.8, 4) is 0 Å². The number of aliphatic hydroxyl groups excluding tert-OH is 2. The highest BCUT2D eigenvalue weighted by atomic mass is 16.3. The first kappa shape index (κ1) is 16.1. The summed E-state index contributed by atoms with van der Waals surface area (Å²) in [5.41, 5.74) is 5.94. The summed E-state index contributed by atoms with van der Waals surface area (Å²) in [6, 6.07) is 6.11. The minimum atomic E-state index is -0.540. The lowest BCUT2D eigenvalue weighted by Gasteiger charge is -2.22. The second kappa shape index (κ2) is 8.29. The van der Waals surface area contributed by atoms with Crippen molar-refractivity contribution < 1.29 is 19.8 Å². The highest BCUT2D eigenvalue weighted by molar-refractivity contribution is 5.97. The van der Waals surface area contributed by atoms with E-state index in [1.54, 1.807) is 17.0 Å². The Balaban J connectivity index is 2.78. The number of nitrogens with two attached hydrogens (primary N) is 1. The summed E-state index contributed by atoms with van der Waals surface area (Å²) in [5.74, 6) is -0.732. The van der Waals surface area contributed by atoms with Crippen molar-refractivity contribution in [1.82, 2.24) is 4.90 Å². The van der Waals surface area contributed by atoms with E-state index >= 15 is 0 Å². The molecule has 0 aliphatic heterocycles. The Morgan fingerprint density at radius 1 is 0.950 bits per heavy atom. The predicted molar refractivity (Wildman–Crippen MR) is 74.3 cm³/mol. The Morgan fingerprint density at radius 3 is 1.80 bits per heavy atom. The average molecular weight is 280 g/mol. The van der Waals surface area contributed by atoms with Gasteiger partial charge in [-0.3, -0.25) is 9.59 Å². The molecule has 1 aromatic carbocycles. The second-order valence-corrected chi connectivity index (χ2v) is 4.39. The molecule has 1 aromatic rings. The number of benzene rings is 1. The Labute approximate surface area is 117 Å². The van der Waals surface area contributed by atoms with Crippen LogP contribution in [0.5, 0.6) is 0 Å². The zero-order chi connectivity index (χ0) is 15.0. The molecule has 0 radical (unpaired) electrons. The topological polar surface area (TPSA) is 104 Å². The molecule has 0 saturated carbocycles. The molecule has 6 nitrogen and oxygen atoms in total. The molecule has 0 aliphatic rings. The maximum Gasteiger partial charge on any atom is 0.253 e. The van der Waals surface area contributed by atoms with Gasteiger partial charge in [0.1, 0.15) is 0 Å². The molecule has 0 unspecified atom stereocenters. The summed E-state index contributed by atoms with van der Waals surface area (Å²) >= 11 is 0. The van der Waals surface area contributed by atoms with Gasteiger partial charge >= 0.3 is 0 Å². The summed E-state index contributed by atoms with van der Waals surface area (Å²) in [4.78, 5) is 24.8. The zero-order valence-electron chi connectivity index (χ0n) is 11.3. The van der Waals surface area contributed by atoms with Gasteiger partial charge in [-0.05, 0) is 37.1 Å². The van der Waals surface area contributed by atoms with Gasteiger partial charge in [-0.25, -0.2) is 0 Å². The lowest BCUT2D eigenvalue weighted by molar-refractivity contribution is 0.0733. The van der Waals surface area contributed by atoms with Crippen molar-refractivity contribution in [2.24, 2.45) is 5.73 Å². The van der Waals surface area contributed by atoms with Crippen molar-refractivity contribution in [3.05, 3.63) is 35.4 Å². The standard InChI is InChI=1S/C14H20N2O4/c15-13(19)11-3-5-12(6-4-11)14(20)16(7-1-9-17)8-2-10-18/h3-6,17-18H,1-2,7-10H2,(H2,15,19). The largest absolute Gasteiger partial charge is 0.396 e. The highest BCUT2D eigenvalue weighted by Crippen LogP contribution is 2.09. The Hall–Kier alpha value is -1.92. The third-order valence-corrected chi connectivity index (χ3v) is 2.88. The number of amides is 2. The summed E-state index contributed by atoms with van der Waals surface area (Å²) in [6.45, 7) is 0.854. The third kappa shape index (κ3) is 4.64. The number of hydrogen-bond acceptors (Lipinski definition) is 4. The van der Waals surface area contributed by atoms with Crippen LogP contribution in [0.3, 0.4) is 0 Å². The fourth-order valence-corrected chi connectivity index (χ4v) is 1.80. The molecule has 0 bridgehead atoms. The van der Waals surface area contributed by atoms with E-state index in [0.29, 0.717) is 37.1 Å². The quantitative estimate of drug-likeness (QED) is 0.623. The van der Waals surface area contributed by atoms with E-state index in [2.05, 4.69) is 0 Å². The number of aliphatic hydroxyl groups is 2. The number of carbonyl (C=O) groups excluding carboxylic acids is 2. The molecule has 0 aromatic heterocycles. The van der Waals surface area contributed by atoms with Gasteiger partial charge in [0.05, 0.1) is 0 Å². The van der Waals surface area contributed by atoms with E-state index in [0.717, 1.165) is 0 Å². The minimum Gasteiger partial charge on any atom is -0.396 e. The van der Waals surface area contributed by atoms with Gasteiger partial charge in [0, 0.05) is 37.4 Å². The lowest BCUT2D eigenvalue weighted by atomic mass is 10.1. The Kier molecular flexibility index (Phi) is 6.69. The van der Waals surface area contributed by atoms with Crippen LogP contribution in [0.2, 0.25) is 0 Å². The average Bonchev–Trinajstić information content (AvgIpc) is 2.47. The van der Waals surface area contributed by atoms with Crippen LogP contribution in [0, 0.1) is 0 Å². The molecule has 2 amide bonds. The molecule has 0 atom stereocenters. The van der Waals surface area contributed by atoms with E-state index in [4.69, 9.17) is 15.9 Å². The van der Waals surface area contributed by atoms with Crippen LogP contribution in [-0.4, -0.2) is 53.2 Å². The van der Waals surface area contributed by atoms with Crippen molar-refractivity contribution in [1.29, 1.82) is 0 Å². The molecular formula is C14H20N2O4. The summed E-state index contributed by atoms with van der Waals surface area (Å²) in [6.07, 6.45) is 0.965. The first-order valence-corrected chi connectivity index (χ1v) is 6.51. The Morgan fingerprint density at radius 2 is 1.40 bits per heavy atom. The molecule has 110 valence electrons. The molecule has 0 fully saturated rings. The van der Waals surface area contributed by atoms with Gasteiger partial charge in [0.15, 0.2) is 0 Å². The maximum atomic E-state index is 12.3. The minimum absolute atomic E-state index is 0.00349. The fraction of sp³-hybridized carbons (Fsp3) is 0.429. The zero-order valence-corrected chi connectivity index (χ0v) is 11.3. The third-order valence-electron chi connectivity index (χ3n) is 2.88. The van der Waals surface area contributed by atoms with Crippen molar-refractivity contribution in [2.45, 2.75) is 12.8 Å². The second-order valence-electron chi connectivity index (χ2n) is 4.39. The predicted octanol–water partition coefficient (Wildman–Crippen LogP) is -0.00750. The van der Waals surface area contributed by atoms with Gasteiger partial charge in [-0.2, -0.15) is 0 Å². The number of hydrogen-bond donors (Lipinski definition) is 3. The first-order chi connectivity index (χ1) is 9.60. The van der Waals surface area contributed by atoms with Gasteiger partial charge in [0.25, 0.3) is 5.91 Å². The monoisotopic (exact) mass is 280 g/mol. The van der Waals surface area contributed by atoms with Gasteiger partial charge in [-0.1, -0.05) is 0 Å². The number of primary amides is 1. The summed E-state index contributed by atoms with van der Waals surface area (Å²) < 4.78 is 0. The molecule has 6 heteroatoms. The van der Waals surface area contributed by atoms with E-state index in [-0.39, 0.29) is 19.1 Å². The van der Waals surface area contributed by atoms with Crippen molar-refractivity contribution >= 4 is 11.8 Å². The van der Waals surface area contributed by atoms with Crippen LogP contribution in [-0.2, 0) is 0 Å². The van der Waals surface area contributed by atoms with Crippen LogP contribution in [0.15, 0.2) is 24.3 Å². The molecule has 1 rings (SSSR count). The number of nitrogens with zero attached hydrogens (tertiary/aromatic N) is 1. The smallest absolute Gasteiger partial charge is 0.253 e. The van der Waals surface area contributed by atoms with Gasteiger partial charge < -0.3 is 20.8 Å². The highest BCUT2D eigenvalue weighted by Gasteiger charge is 2.15. The molecule has 20 heavy (non-hydrogen) atoms. The van der Waals surface area contributed by atoms with Crippen molar-refractivity contribution in [3.63, 3.8) is 0 Å². The molecule has 0 saturated heterocycles. The van der Waals surface area contributed by atoms with Gasteiger partial charge in [0.2, 0.25) is 5.91 Å². The number of rotatable bonds is 8. The van der Waals surface area contributed by atoms with E-state index < -0.39 is 5.91 Å². The maximum absolute atomic E-state index is 12.3. The molecule has 0 heterocycles. The van der Waals surface area contributed by atoms with Crippen LogP contribution in [0.4, 0.5) is 0 Å². The van der Waals surface area contributed by atoms with Crippen molar-refractivity contribution in [2.75, 3.05) is 26.3 Å². The Bertz CT molecular complexity index is 437. The van der Waals surface area contributed by atoms with Crippen LogP contribution >= 0.6 is 0 Å². The SMILES string of the molecule is NC(=O)c1ccc(C(=O)N(CCCO)CCCO)cc1. The number of carbonyl (C=O) groups is 2. The molecule has 4 N–H and O–H groups in total. The van der Waals surface area contributed by atoms with E-state index in [1.165, 1.54) is 12.1 Å². The fourth-order valence-electron chi connectivity index (χ4n) is 1.80. The van der Waals surface area contributed by atoms with E-state index in [1.807, 2.05) is 0 Å². The normalized spacial score (nSPS) is 10.3. The molecule has 0 spiro atoms. The molecular weight excluding hydrogens is 260 g/mol. The van der Waals surface area contributed by atoms with Crippen LogP contribution < -0.4 is 5.73 Å². The first-order valence-electron chi connectivity index (χ1n) is 6.51.